The molecule has 0 aliphatic rings. The van der Waals surface area contributed by atoms with Crippen LogP contribution in [-0.4, -0.2) is 16.1 Å². The van der Waals surface area contributed by atoms with Gasteiger partial charge in [0, 0.05) is 12.2 Å². The van der Waals surface area contributed by atoms with E-state index in [1.165, 1.54) is 29.2 Å². The molecule has 9 heteroatoms. The van der Waals surface area contributed by atoms with Crippen LogP contribution in [-0.2, 0) is 16.7 Å². The Hall–Kier alpha value is -1.61. The molecule has 0 fully saturated rings. The predicted molar refractivity (Wildman–Crippen MR) is 84.5 cm³/mol. The van der Waals surface area contributed by atoms with Crippen LogP contribution in [0, 0.1) is 0 Å². The molecule has 0 atom stereocenters. The smallest absolute Gasteiger partial charge is 0.301 e. The van der Waals surface area contributed by atoms with E-state index >= 15 is 0 Å². The number of halogens is 3. The highest BCUT2D eigenvalue weighted by molar-refractivity contribution is 8.00. The number of anilines is 1. The van der Waals surface area contributed by atoms with Crippen molar-refractivity contribution < 1.29 is 18.0 Å². The molecular formula is C14H14F3N3OS2. The van der Waals surface area contributed by atoms with E-state index in [9.17, 15) is 18.0 Å². The van der Waals surface area contributed by atoms with E-state index in [1.54, 1.807) is 6.07 Å². The number of alkyl halides is 3. The van der Waals surface area contributed by atoms with E-state index in [-0.39, 0.29) is 5.91 Å². The SMILES string of the molecule is CCCC(=O)Nc1nnc(SCc2cccc(C(F)(F)F)c2)s1. The lowest BCUT2D eigenvalue weighted by Gasteiger charge is -2.07. The van der Waals surface area contributed by atoms with Gasteiger partial charge in [-0.25, -0.2) is 0 Å². The molecule has 2 aromatic rings. The predicted octanol–water partition coefficient (Wildman–Crippen LogP) is 4.59. The van der Waals surface area contributed by atoms with Gasteiger partial charge in [0.05, 0.1) is 5.56 Å². The van der Waals surface area contributed by atoms with E-state index in [4.69, 9.17) is 0 Å². The summed E-state index contributed by atoms with van der Waals surface area (Å²) < 4.78 is 38.5. The Morgan fingerprint density at radius 3 is 2.83 bits per heavy atom. The molecule has 1 aromatic carbocycles. The molecule has 1 aromatic heterocycles. The zero-order chi connectivity index (χ0) is 16.9. The maximum absolute atomic E-state index is 12.7. The number of nitrogens with zero attached hydrogens (tertiary/aromatic N) is 2. The molecule has 2 rings (SSSR count). The quantitative estimate of drug-likeness (QED) is 0.604. The second-order valence-corrected chi connectivity index (χ2v) is 6.86. The van der Waals surface area contributed by atoms with Crippen LogP contribution in [0.4, 0.5) is 18.3 Å². The number of hydrogen-bond acceptors (Lipinski definition) is 5. The number of carbonyl (C=O) groups is 1. The van der Waals surface area contributed by atoms with Crippen molar-refractivity contribution in [1.82, 2.24) is 10.2 Å². The fourth-order valence-corrected chi connectivity index (χ4v) is 3.42. The molecule has 1 N–H and O–H groups in total. The van der Waals surface area contributed by atoms with Crippen molar-refractivity contribution in [2.75, 3.05) is 5.32 Å². The van der Waals surface area contributed by atoms with Crippen molar-refractivity contribution in [3.05, 3.63) is 35.4 Å². The lowest BCUT2D eigenvalue weighted by Crippen LogP contribution is -2.10. The van der Waals surface area contributed by atoms with Crippen LogP contribution in [0.5, 0.6) is 0 Å². The first kappa shape index (κ1) is 17.7. The van der Waals surface area contributed by atoms with Gasteiger partial charge < -0.3 is 5.32 Å². The van der Waals surface area contributed by atoms with Gasteiger partial charge >= 0.3 is 6.18 Å². The molecule has 0 aliphatic carbocycles. The highest BCUT2D eigenvalue weighted by atomic mass is 32.2. The van der Waals surface area contributed by atoms with Crippen molar-refractivity contribution in [3.8, 4) is 0 Å². The molecule has 0 radical (unpaired) electrons. The number of rotatable bonds is 6. The first-order chi connectivity index (χ1) is 10.9. The molecule has 124 valence electrons. The molecule has 0 saturated heterocycles. The van der Waals surface area contributed by atoms with E-state index < -0.39 is 11.7 Å². The fourth-order valence-electron chi connectivity index (χ4n) is 1.71. The fraction of sp³-hybridized carbons (Fsp3) is 0.357. The summed E-state index contributed by atoms with van der Waals surface area (Å²) in [6.07, 6.45) is -3.20. The third kappa shape index (κ3) is 5.51. The van der Waals surface area contributed by atoms with Gasteiger partial charge in [0.15, 0.2) is 4.34 Å². The Bertz CT molecular complexity index is 673. The Morgan fingerprint density at radius 1 is 1.35 bits per heavy atom. The summed E-state index contributed by atoms with van der Waals surface area (Å²) in [6.45, 7) is 1.90. The molecule has 0 saturated carbocycles. The first-order valence-corrected chi connectivity index (χ1v) is 8.61. The highest BCUT2D eigenvalue weighted by Gasteiger charge is 2.30. The Morgan fingerprint density at radius 2 is 2.13 bits per heavy atom. The van der Waals surface area contributed by atoms with Crippen LogP contribution in [0.3, 0.4) is 0 Å². The lowest BCUT2D eigenvalue weighted by atomic mass is 10.1. The van der Waals surface area contributed by atoms with Gasteiger partial charge in [-0.1, -0.05) is 48.2 Å². The van der Waals surface area contributed by atoms with Crippen molar-refractivity contribution in [3.63, 3.8) is 0 Å². The van der Waals surface area contributed by atoms with Gasteiger partial charge in [-0.2, -0.15) is 13.2 Å². The largest absolute Gasteiger partial charge is 0.416 e. The number of benzene rings is 1. The van der Waals surface area contributed by atoms with Gasteiger partial charge in [0.1, 0.15) is 0 Å². The third-order valence-electron chi connectivity index (χ3n) is 2.75. The standard InChI is InChI=1S/C14H14F3N3OS2/c1-2-4-11(21)18-12-19-20-13(23-12)22-8-9-5-3-6-10(7-9)14(15,16)17/h3,5-7H,2,4,8H2,1H3,(H,18,19,21). The molecule has 4 nitrogen and oxygen atoms in total. The van der Waals surface area contributed by atoms with E-state index in [1.807, 2.05) is 6.92 Å². The van der Waals surface area contributed by atoms with Gasteiger partial charge in [0.25, 0.3) is 0 Å². The van der Waals surface area contributed by atoms with E-state index in [0.29, 0.717) is 27.2 Å². The first-order valence-electron chi connectivity index (χ1n) is 6.80. The van der Waals surface area contributed by atoms with Crippen molar-refractivity contribution in [2.24, 2.45) is 0 Å². The number of hydrogen-bond donors (Lipinski definition) is 1. The average Bonchev–Trinajstić information content (AvgIpc) is 2.92. The Labute approximate surface area is 139 Å². The zero-order valence-electron chi connectivity index (χ0n) is 12.2. The Balaban J connectivity index is 1.94. The minimum absolute atomic E-state index is 0.127. The molecule has 1 heterocycles. The van der Waals surface area contributed by atoms with Crippen molar-refractivity contribution in [2.45, 2.75) is 36.0 Å². The van der Waals surface area contributed by atoms with Gasteiger partial charge in [-0.3, -0.25) is 4.79 Å². The zero-order valence-corrected chi connectivity index (χ0v) is 13.8. The monoisotopic (exact) mass is 361 g/mol. The summed E-state index contributed by atoms with van der Waals surface area (Å²) in [5.74, 6) is 0.222. The number of carbonyl (C=O) groups excluding carboxylic acids is 1. The molecule has 0 bridgehead atoms. The van der Waals surface area contributed by atoms with E-state index in [2.05, 4.69) is 15.5 Å². The van der Waals surface area contributed by atoms with Crippen LogP contribution in [0.2, 0.25) is 0 Å². The molecular weight excluding hydrogens is 347 g/mol. The number of thioether (sulfide) groups is 1. The number of nitrogens with one attached hydrogen (secondary N) is 1. The highest BCUT2D eigenvalue weighted by Crippen LogP contribution is 2.32. The summed E-state index contributed by atoms with van der Waals surface area (Å²) in [6, 6.07) is 5.18. The molecule has 0 aliphatic heterocycles. The molecule has 0 unspecified atom stereocenters. The summed E-state index contributed by atoms with van der Waals surface area (Å²) >= 11 is 2.48. The van der Waals surface area contributed by atoms with Gasteiger partial charge in [-0.15, -0.1) is 10.2 Å². The van der Waals surface area contributed by atoms with Crippen molar-refractivity contribution >= 4 is 34.1 Å². The maximum Gasteiger partial charge on any atom is 0.416 e. The second kappa shape index (κ2) is 7.78. The Kier molecular flexibility index (Phi) is 6.00. The summed E-state index contributed by atoms with van der Waals surface area (Å²) in [5, 5.41) is 10.8. The minimum atomic E-state index is -4.35. The lowest BCUT2D eigenvalue weighted by molar-refractivity contribution is -0.137. The molecule has 0 spiro atoms. The van der Waals surface area contributed by atoms with E-state index in [0.717, 1.165) is 18.6 Å². The number of amides is 1. The topological polar surface area (TPSA) is 54.9 Å². The summed E-state index contributed by atoms with van der Waals surface area (Å²) in [7, 11) is 0. The number of aromatic nitrogens is 2. The van der Waals surface area contributed by atoms with Crippen LogP contribution in [0.25, 0.3) is 0 Å². The van der Waals surface area contributed by atoms with Gasteiger partial charge in [0.2, 0.25) is 11.0 Å². The van der Waals surface area contributed by atoms with Crippen LogP contribution < -0.4 is 5.32 Å². The molecule has 1 amide bonds. The van der Waals surface area contributed by atoms with Crippen LogP contribution in [0.1, 0.15) is 30.9 Å². The second-order valence-electron chi connectivity index (χ2n) is 4.66. The van der Waals surface area contributed by atoms with Crippen LogP contribution >= 0.6 is 23.1 Å². The average molecular weight is 361 g/mol. The third-order valence-corrected chi connectivity index (χ3v) is 4.79. The normalized spacial score (nSPS) is 11.5. The summed E-state index contributed by atoms with van der Waals surface area (Å²) in [4.78, 5) is 11.4. The minimum Gasteiger partial charge on any atom is -0.301 e. The van der Waals surface area contributed by atoms with Crippen molar-refractivity contribution in [1.29, 1.82) is 0 Å². The molecule has 23 heavy (non-hydrogen) atoms. The summed E-state index contributed by atoms with van der Waals surface area (Å²) in [5.41, 5.74) is -0.114. The van der Waals surface area contributed by atoms with Gasteiger partial charge in [-0.05, 0) is 18.1 Å². The maximum atomic E-state index is 12.7. The van der Waals surface area contributed by atoms with Crippen LogP contribution in [0.15, 0.2) is 28.6 Å².